The van der Waals surface area contributed by atoms with E-state index >= 15 is 0 Å². The quantitative estimate of drug-likeness (QED) is 0.562. The van der Waals surface area contributed by atoms with E-state index in [1.165, 1.54) is 24.3 Å². The number of aromatic nitrogens is 2. The van der Waals surface area contributed by atoms with E-state index in [9.17, 15) is 14.5 Å². The monoisotopic (exact) mass is 352 g/mol. The van der Waals surface area contributed by atoms with Crippen molar-refractivity contribution in [3.63, 3.8) is 0 Å². The fourth-order valence-electron chi connectivity index (χ4n) is 3.27. The molecule has 0 saturated heterocycles. The van der Waals surface area contributed by atoms with Gasteiger partial charge in [-0.1, -0.05) is 12.1 Å². The van der Waals surface area contributed by atoms with Gasteiger partial charge in [-0.15, -0.1) is 0 Å². The molecule has 1 N–H and O–H groups in total. The van der Waals surface area contributed by atoms with Gasteiger partial charge in [-0.3, -0.25) is 10.1 Å². The normalized spacial score (nSPS) is 13.6. The van der Waals surface area contributed by atoms with Crippen LogP contribution in [0.3, 0.4) is 0 Å². The molecule has 0 unspecified atom stereocenters. The first-order valence-corrected chi connectivity index (χ1v) is 8.50. The number of nitro benzene ring substituents is 1. The first-order valence-electron chi connectivity index (χ1n) is 8.50. The van der Waals surface area contributed by atoms with Gasteiger partial charge in [0.05, 0.1) is 16.3 Å². The second-order valence-corrected chi connectivity index (χ2v) is 6.26. The highest BCUT2D eigenvalue weighted by molar-refractivity contribution is 5.71. The van der Waals surface area contributed by atoms with Crippen molar-refractivity contribution in [3.8, 4) is 16.9 Å². The summed E-state index contributed by atoms with van der Waals surface area (Å²) in [6.07, 6.45) is 2.91. The van der Waals surface area contributed by atoms with Gasteiger partial charge in [-0.05, 0) is 43.5 Å². The van der Waals surface area contributed by atoms with Gasteiger partial charge in [0.15, 0.2) is 0 Å². The van der Waals surface area contributed by atoms with Crippen LogP contribution in [0.5, 0.6) is 0 Å². The Bertz CT molecular complexity index is 966. The molecule has 0 fully saturated rings. The Morgan fingerprint density at radius 2 is 1.96 bits per heavy atom. The van der Waals surface area contributed by atoms with Crippen LogP contribution in [-0.4, -0.2) is 21.2 Å². The van der Waals surface area contributed by atoms with Gasteiger partial charge < -0.3 is 5.32 Å². The van der Waals surface area contributed by atoms with E-state index in [1.807, 2.05) is 6.07 Å². The van der Waals surface area contributed by atoms with Crippen molar-refractivity contribution in [1.29, 1.82) is 0 Å². The highest BCUT2D eigenvalue weighted by Crippen LogP contribution is 2.34. The van der Waals surface area contributed by atoms with Crippen LogP contribution in [0.4, 0.5) is 15.9 Å². The SMILES string of the molecule is O=[N+]([O-])c1ccc(-n2nc(-c3cccc(F)c3)c3c2NCCCC3)cc1. The van der Waals surface area contributed by atoms with E-state index in [-0.39, 0.29) is 11.5 Å². The topological polar surface area (TPSA) is 73.0 Å². The average Bonchev–Trinajstić information content (AvgIpc) is 2.83. The van der Waals surface area contributed by atoms with Crippen molar-refractivity contribution < 1.29 is 9.31 Å². The Hall–Kier alpha value is -3.22. The number of hydrogen-bond acceptors (Lipinski definition) is 4. The molecule has 0 saturated carbocycles. The zero-order valence-electron chi connectivity index (χ0n) is 14.0. The first kappa shape index (κ1) is 16.3. The molecular formula is C19H17FN4O2. The van der Waals surface area contributed by atoms with Crippen LogP contribution in [0, 0.1) is 15.9 Å². The lowest BCUT2D eigenvalue weighted by Gasteiger charge is -2.09. The Morgan fingerprint density at radius 3 is 2.69 bits per heavy atom. The number of non-ortho nitro benzene ring substituents is 1. The van der Waals surface area contributed by atoms with E-state index in [0.717, 1.165) is 54.1 Å². The molecule has 0 atom stereocenters. The second-order valence-electron chi connectivity index (χ2n) is 6.26. The maximum Gasteiger partial charge on any atom is 0.269 e. The van der Waals surface area contributed by atoms with Crippen molar-refractivity contribution >= 4 is 11.5 Å². The van der Waals surface area contributed by atoms with Gasteiger partial charge in [0.1, 0.15) is 11.6 Å². The molecule has 4 rings (SSSR count). The summed E-state index contributed by atoms with van der Waals surface area (Å²) in [7, 11) is 0. The van der Waals surface area contributed by atoms with Crippen molar-refractivity contribution in [2.75, 3.05) is 11.9 Å². The van der Waals surface area contributed by atoms with Crippen LogP contribution in [0.1, 0.15) is 18.4 Å². The largest absolute Gasteiger partial charge is 0.370 e. The fraction of sp³-hybridized carbons (Fsp3) is 0.211. The number of hydrogen-bond donors (Lipinski definition) is 1. The van der Waals surface area contributed by atoms with Crippen molar-refractivity contribution in [2.45, 2.75) is 19.3 Å². The highest BCUT2D eigenvalue weighted by atomic mass is 19.1. The lowest BCUT2D eigenvalue weighted by atomic mass is 10.0. The summed E-state index contributed by atoms with van der Waals surface area (Å²) in [5.74, 6) is 0.568. The number of benzene rings is 2. The standard InChI is InChI=1S/C19H17FN4O2/c20-14-5-3-4-13(12-14)18-17-6-1-2-11-21-19(17)23(22-18)15-7-9-16(10-8-15)24(25)26/h3-5,7-10,12,21H,1-2,6,11H2. The molecule has 1 aliphatic rings. The Morgan fingerprint density at radius 1 is 1.15 bits per heavy atom. The van der Waals surface area contributed by atoms with Crippen LogP contribution in [0.2, 0.25) is 0 Å². The van der Waals surface area contributed by atoms with Crippen LogP contribution >= 0.6 is 0 Å². The molecule has 0 radical (unpaired) electrons. The van der Waals surface area contributed by atoms with E-state index in [2.05, 4.69) is 5.32 Å². The predicted molar refractivity (Wildman–Crippen MR) is 97.0 cm³/mol. The number of anilines is 1. The molecule has 7 heteroatoms. The summed E-state index contributed by atoms with van der Waals surface area (Å²) in [5.41, 5.74) is 3.28. The number of nitro groups is 1. The Balaban J connectivity index is 1.86. The molecule has 2 heterocycles. The van der Waals surface area contributed by atoms with Gasteiger partial charge in [0.25, 0.3) is 5.69 Å². The van der Waals surface area contributed by atoms with Crippen molar-refractivity contribution in [1.82, 2.24) is 9.78 Å². The lowest BCUT2D eigenvalue weighted by Crippen LogP contribution is -2.07. The Kier molecular flexibility index (Phi) is 4.12. The van der Waals surface area contributed by atoms with Gasteiger partial charge in [-0.2, -0.15) is 5.10 Å². The van der Waals surface area contributed by atoms with Crippen molar-refractivity contribution in [3.05, 3.63) is 70.0 Å². The molecule has 0 amide bonds. The zero-order valence-corrected chi connectivity index (χ0v) is 14.0. The summed E-state index contributed by atoms with van der Waals surface area (Å²) in [5, 5.41) is 19.0. The number of nitrogens with one attached hydrogen (secondary N) is 1. The van der Waals surface area contributed by atoms with E-state index in [1.54, 1.807) is 22.9 Å². The minimum absolute atomic E-state index is 0.0327. The third kappa shape index (κ3) is 2.92. The molecule has 1 aliphatic heterocycles. The lowest BCUT2D eigenvalue weighted by molar-refractivity contribution is -0.384. The number of nitrogens with zero attached hydrogens (tertiary/aromatic N) is 3. The Labute approximate surface area is 149 Å². The van der Waals surface area contributed by atoms with E-state index in [0.29, 0.717) is 0 Å². The second kappa shape index (κ2) is 6.59. The molecular weight excluding hydrogens is 335 g/mol. The van der Waals surface area contributed by atoms with Gasteiger partial charge in [-0.25, -0.2) is 9.07 Å². The van der Waals surface area contributed by atoms with Gasteiger partial charge in [0.2, 0.25) is 0 Å². The maximum absolute atomic E-state index is 13.7. The molecule has 0 aliphatic carbocycles. The zero-order chi connectivity index (χ0) is 18.1. The van der Waals surface area contributed by atoms with Crippen LogP contribution < -0.4 is 5.32 Å². The molecule has 0 bridgehead atoms. The fourth-order valence-corrected chi connectivity index (χ4v) is 3.27. The van der Waals surface area contributed by atoms with Gasteiger partial charge in [0, 0.05) is 29.8 Å². The first-order chi connectivity index (χ1) is 12.6. The summed E-state index contributed by atoms with van der Waals surface area (Å²) in [6.45, 7) is 0.828. The third-order valence-corrected chi connectivity index (χ3v) is 4.53. The maximum atomic E-state index is 13.7. The molecule has 0 spiro atoms. The predicted octanol–water partition coefficient (Wildman–Crippen LogP) is 4.33. The molecule has 26 heavy (non-hydrogen) atoms. The number of rotatable bonds is 3. The summed E-state index contributed by atoms with van der Waals surface area (Å²) < 4.78 is 15.5. The summed E-state index contributed by atoms with van der Waals surface area (Å²) in [6, 6.07) is 12.7. The van der Waals surface area contributed by atoms with E-state index in [4.69, 9.17) is 5.10 Å². The van der Waals surface area contributed by atoms with E-state index < -0.39 is 4.92 Å². The summed E-state index contributed by atoms with van der Waals surface area (Å²) in [4.78, 5) is 10.5. The molecule has 3 aromatic rings. The van der Waals surface area contributed by atoms with Crippen molar-refractivity contribution in [2.24, 2.45) is 0 Å². The minimum Gasteiger partial charge on any atom is -0.370 e. The molecule has 132 valence electrons. The van der Waals surface area contributed by atoms with Crippen LogP contribution in [-0.2, 0) is 6.42 Å². The minimum atomic E-state index is -0.427. The summed E-state index contributed by atoms with van der Waals surface area (Å²) >= 11 is 0. The van der Waals surface area contributed by atoms with Crippen LogP contribution in [0.25, 0.3) is 16.9 Å². The van der Waals surface area contributed by atoms with Crippen LogP contribution in [0.15, 0.2) is 48.5 Å². The van der Waals surface area contributed by atoms with Gasteiger partial charge >= 0.3 is 0 Å². The average molecular weight is 352 g/mol. The third-order valence-electron chi connectivity index (χ3n) is 4.53. The number of halogens is 1. The molecule has 2 aromatic carbocycles. The molecule has 6 nitrogen and oxygen atoms in total. The molecule has 1 aromatic heterocycles. The number of fused-ring (bicyclic) bond motifs is 1. The smallest absolute Gasteiger partial charge is 0.269 e. The highest BCUT2D eigenvalue weighted by Gasteiger charge is 2.22.